The number of H-pyrrole nitrogens is 1. The molecule has 0 spiro atoms. The number of nitrogens with zero attached hydrogens (tertiary/aromatic N) is 3. The average molecular weight is 382 g/mol. The van der Waals surface area contributed by atoms with Crippen LogP contribution in [0.15, 0.2) is 4.79 Å². The number of aromatic amines is 1. The molecule has 4 rings (SSSR count). The molecule has 0 aromatic carbocycles. The predicted molar refractivity (Wildman–Crippen MR) is 96.9 cm³/mol. The molecule has 0 amide bonds. The van der Waals surface area contributed by atoms with Crippen molar-refractivity contribution >= 4 is 11.0 Å². The second kappa shape index (κ2) is 6.65. The molecule has 1 N–H and O–H groups in total. The fourth-order valence-electron chi connectivity index (χ4n) is 4.74. The molecule has 0 radical (unpaired) electrons. The van der Waals surface area contributed by atoms with Gasteiger partial charge in [-0.1, -0.05) is 0 Å². The third kappa shape index (κ3) is 3.28. The van der Waals surface area contributed by atoms with Crippen LogP contribution in [-0.2, 0) is 19.4 Å². The standard InChI is InChI=1S/C19H25F3N4O/c1-11(2)25-9-5-8-14(25)16-15-12-6-3-4-7-13(12)18(27)23-17(15)26(24-16)10-19(20,21)22/h11,14H,3-10H2,1-2H3,(H,23,27)/t14-/m1/s1. The zero-order valence-corrected chi connectivity index (χ0v) is 15.7. The van der Waals surface area contributed by atoms with Gasteiger partial charge in [-0.25, -0.2) is 4.68 Å². The van der Waals surface area contributed by atoms with Gasteiger partial charge in [0.2, 0.25) is 0 Å². The highest BCUT2D eigenvalue weighted by Crippen LogP contribution is 2.39. The monoisotopic (exact) mass is 382 g/mol. The molecule has 1 saturated heterocycles. The molecule has 3 heterocycles. The Hall–Kier alpha value is -1.83. The van der Waals surface area contributed by atoms with E-state index in [9.17, 15) is 18.0 Å². The third-order valence-electron chi connectivity index (χ3n) is 5.86. The summed E-state index contributed by atoms with van der Waals surface area (Å²) in [5.41, 5.74) is 2.31. The summed E-state index contributed by atoms with van der Waals surface area (Å²) in [5, 5.41) is 5.18. The van der Waals surface area contributed by atoms with Crippen molar-refractivity contribution in [1.82, 2.24) is 19.7 Å². The summed E-state index contributed by atoms with van der Waals surface area (Å²) in [6, 6.07) is 0.290. The molecule has 2 aromatic rings. The normalized spacial score (nSPS) is 21.3. The van der Waals surface area contributed by atoms with Crippen LogP contribution in [0.4, 0.5) is 13.2 Å². The fourth-order valence-corrected chi connectivity index (χ4v) is 4.74. The number of likely N-dealkylation sites (tertiary alicyclic amines) is 1. The largest absolute Gasteiger partial charge is 0.408 e. The van der Waals surface area contributed by atoms with Gasteiger partial charge in [0, 0.05) is 17.0 Å². The molecule has 2 aromatic heterocycles. The number of alkyl halides is 3. The summed E-state index contributed by atoms with van der Waals surface area (Å²) in [7, 11) is 0. The van der Waals surface area contributed by atoms with E-state index >= 15 is 0 Å². The molecule has 8 heteroatoms. The van der Waals surface area contributed by atoms with Gasteiger partial charge < -0.3 is 4.98 Å². The minimum atomic E-state index is -4.39. The van der Waals surface area contributed by atoms with Crippen LogP contribution >= 0.6 is 0 Å². The molecule has 0 unspecified atom stereocenters. The molecular formula is C19H25F3N4O. The van der Waals surface area contributed by atoms with E-state index in [0.717, 1.165) is 59.8 Å². The van der Waals surface area contributed by atoms with E-state index < -0.39 is 12.7 Å². The number of fused-ring (bicyclic) bond motifs is 3. The zero-order chi connectivity index (χ0) is 19.3. The van der Waals surface area contributed by atoms with Crippen molar-refractivity contribution < 1.29 is 13.2 Å². The zero-order valence-electron chi connectivity index (χ0n) is 15.7. The van der Waals surface area contributed by atoms with Gasteiger partial charge in [-0.2, -0.15) is 18.3 Å². The topological polar surface area (TPSA) is 53.9 Å². The first-order valence-corrected chi connectivity index (χ1v) is 9.73. The third-order valence-corrected chi connectivity index (χ3v) is 5.86. The molecular weight excluding hydrogens is 357 g/mol. The van der Waals surface area contributed by atoms with Crippen LogP contribution in [0.25, 0.3) is 11.0 Å². The van der Waals surface area contributed by atoms with E-state index in [4.69, 9.17) is 0 Å². The molecule has 1 aliphatic carbocycles. The van der Waals surface area contributed by atoms with Crippen LogP contribution in [0.2, 0.25) is 0 Å². The Labute approximate surface area is 155 Å². The number of pyridine rings is 1. The van der Waals surface area contributed by atoms with E-state index in [2.05, 4.69) is 28.8 Å². The highest BCUT2D eigenvalue weighted by molar-refractivity contribution is 5.84. The number of aromatic nitrogens is 3. The number of hydrogen-bond donors (Lipinski definition) is 1. The summed E-state index contributed by atoms with van der Waals surface area (Å²) < 4.78 is 40.4. The molecule has 1 aliphatic heterocycles. The van der Waals surface area contributed by atoms with Crippen molar-refractivity contribution in [2.45, 2.75) is 77.2 Å². The first-order valence-electron chi connectivity index (χ1n) is 9.73. The van der Waals surface area contributed by atoms with Gasteiger partial charge in [0.15, 0.2) is 0 Å². The van der Waals surface area contributed by atoms with Gasteiger partial charge >= 0.3 is 6.18 Å². The summed E-state index contributed by atoms with van der Waals surface area (Å²) in [4.78, 5) is 17.5. The van der Waals surface area contributed by atoms with Crippen LogP contribution in [0, 0.1) is 0 Å². The van der Waals surface area contributed by atoms with Gasteiger partial charge in [-0.05, 0) is 64.5 Å². The Balaban J connectivity index is 1.96. The molecule has 1 atom stereocenters. The number of aryl methyl sites for hydroxylation is 1. The van der Waals surface area contributed by atoms with Gasteiger partial charge in [-0.15, -0.1) is 0 Å². The van der Waals surface area contributed by atoms with E-state index in [-0.39, 0.29) is 17.2 Å². The molecule has 27 heavy (non-hydrogen) atoms. The Morgan fingerprint density at radius 1 is 1.19 bits per heavy atom. The van der Waals surface area contributed by atoms with Crippen molar-refractivity contribution in [2.24, 2.45) is 0 Å². The first-order chi connectivity index (χ1) is 12.8. The van der Waals surface area contributed by atoms with Crippen LogP contribution in [0.5, 0.6) is 0 Å². The van der Waals surface area contributed by atoms with Crippen LogP contribution < -0.4 is 5.56 Å². The maximum atomic E-state index is 13.1. The Morgan fingerprint density at radius 3 is 2.56 bits per heavy atom. The second-order valence-electron chi connectivity index (χ2n) is 7.99. The average Bonchev–Trinajstić information content (AvgIpc) is 3.19. The number of rotatable bonds is 3. The molecule has 1 fully saturated rings. The fraction of sp³-hybridized carbons (Fsp3) is 0.684. The van der Waals surface area contributed by atoms with Gasteiger partial charge in [-0.3, -0.25) is 9.69 Å². The van der Waals surface area contributed by atoms with Gasteiger partial charge in [0.05, 0.1) is 11.7 Å². The van der Waals surface area contributed by atoms with Crippen molar-refractivity contribution in [3.8, 4) is 0 Å². The van der Waals surface area contributed by atoms with E-state index in [0.29, 0.717) is 18.2 Å². The maximum Gasteiger partial charge on any atom is 0.408 e. The van der Waals surface area contributed by atoms with E-state index in [1.54, 1.807) is 0 Å². The van der Waals surface area contributed by atoms with Gasteiger partial charge in [0.1, 0.15) is 12.2 Å². The van der Waals surface area contributed by atoms with Crippen molar-refractivity contribution in [3.05, 3.63) is 27.2 Å². The van der Waals surface area contributed by atoms with Crippen LogP contribution in [0.3, 0.4) is 0 Å². The Morgan fingerprint density at radius 2 is 1.89 bits per heavy atom. The summed E-state index contributed by atoms with van der Waals surface area (Å²) in [5.74, 6) is 0. The SMILES string of the molecule is CC(C)N1CCC[C@@H]1c1nn(CC(F)(F)F)c2[nH]c(=O)c3c(c12)CCCC3. The summed E-state index contributed by atoms with van der Waals surface area (Å²) in [6.45, 7) is 3.93. The minimum absolute atomic E-state index is 0.00101. The second-order valence-corrected chi connectivity index (χ2v) is 7.99. The molecule has 2 aliphatic rings. The molecule has 0 saturated carbocycles. The highest BCUT2D eigenvalue weighted by atomic mass is 19.4. The molecule has 148 valence electrons. The Kier molecular flexibility index (Phi) is 4.56. The smallest absolute Gasteiger partial charge is 0.307 e. The minimum Gasteiger partial charge on any atom is -0.307 e. The first kappa shape index (κ1) is 18.5. The molecule has 0 bridgehead atoms. The lowest BCUT2D eigenvalue weighted by Crippen LogP contribution is -2.31. The lowest BCUT2D eigenvalue weighted by molar-refractivity contribution is -0.142. The highest BCUT2D eigenvalue weighted by Gasteiger charge is 2.36. The summed E-state index contributed by atoms with van der Waals surface area (Å²) >= 11 is 0. The lowest BCUT2D eigenvalue weighted by atomic mass is 9.89. The number of hydrogen-bond acceptors (Lipinski definition) is 3. The van der Waals surface area contributed by atoms with Crippen molar-refractivity contribution in [1.29, 1.82) is 0 Å². The summed E-state index contributed by atoms with van der Waals surface area (Å²) in [6.07, 6.45) is 0.795. The number of nitrogens with one attached hydrogen (secondary N) is 1. The number of halogens is 3. The van der Waals surface area contributed by atoms with Crippen LogP contribution in [-0.4, -0.2) is 38.4 Å². The molecule has 5 nitrogen and oxygen atoms in total. The van der Waals surface area contributed by atoms with Crippen LogP contribution in [0.1, 0.15) is 62.4 Å². The van der Waals surface area contributed by atoms with E-state index in [1.165, 1.54) is 0 Å². The van der Waals surface area contributed by atoms with E-state index in [1.807, 2.05) is 0 Å². The van der Waals surface area contributed by atoms with Crippen molar-refractivity contribution in [3.63, 3.8) is 0 Å². The predicted octanol–water partition coefficient (Wildman–Crippen LogP) is 3.71. The van der Waals surface area contributed by atoms with Crippen molar-refractivity contribution in [2.75, 3.05) is 6.54 Å². The Bertz CT molecular complexity index is 912. The quantitative estimate of drug-likeness (QED) is 0.881. The lowest BCUT2D eigenvalue weighted by Gasteiger charge is -2.27. The van der Waals surface area contributed by atoms with Gasteiger partial charge in [0.25, 0.3) is 5.56 Å². The maximum absolute atomic E-state index is 13.1.